The Balaban J connectivity index is 1.57. The van der Waals surface area contributed by atoms with Gasteiger partial charge >= 0.3 is 0 Å². The van der Waals surface area contributed by atoms with Gasteiger partial charge in [-0.15, -0.1) is 15.7 Å². The van der Waals surface area contributed by atoms with Crippen LogP contribution >= 0.6 is 11.3 Å². The second-order valence-electron chi connectivity index (χ2n) is 5.63. The summed E-state index contributed by atoms with van der Waals surface area (Å²) in [5.74, 6) is 0.0672. The third-order valence-corrected chi connectivity index (χ3v) is 6.07. The van der Waals surface area contributed by atoms with Gasteiger partial charge in [0.05, 0.1) is 17.9 Å². The van der Waals surface area contributed by atoms with E-state index in [9.17, 15) is 13.2 Å². The van der Waals surface area contributed by atoms with Crippen LogP contribution in [0.15, 0.2) is 61.0 Å². The van der Waals surface area contributed by atoms with Crippen molar-refractivity contribution >= 4 is 44.3 Å². The molecule has 0 atom stereocenters. The number of sulfonamides is 1. The van der Waals surface area contributed by atoms with Crippen molar-refractivity contribution < 1.29 is 8.42 Å². The van der Waals surface area contributed by atoms with Gasteiger partial charge in [0.15, 0.2) is 4.96 Å². The molecule has 0 radical (unpaired) electrons. The van der Waals surface area contributed by atoms with E-state index in [1.807, 2.05) is 0 Å². The minimum atomic E-state index is -3.78. The summed E-state index contributed by atoms with van der Waals surface area (Å²) in [6.07, 6.45) is 3.15. The second kappa shape index (κ2) is 5.22. The molecule has 11 heteroatoms. The van der Waals surface area contributed by atoms with Gasteiger partial charge in [-0.2, -0.15) is 13.4 Å². The molecule has 0 bridgehead atoms. The zero-order valence-corrected chi connectivity index (χ0v) is 14.7. The van der Waals surface area contributed by atoms with E-state index in [-0.39, 0.29) is 23.0 Å². The van der Waals surface area contributed by atoms with E-state index in [4.69, 9.17) is 0 Å². The highest BCUT2D eigenvalue weighted by Crippen LogP contribution is 2.34. The highest BCUT2D eigenvalue weighted by atomic mass is 32.2. The van der Waals surface area contributed by atoms with E-state index < -0.39 is 10.0 Å². The fourth-order valence-electron chi connectivity index (χ4n) is 2.90. The fraction of sp³-hybridized carbons (Fsp3) is 0.0667. The molecule has 2 aliphatic heterocycles. The summed E-state index contributed by atoms with van der Waals surface area (Å²) in [7, 11) is -3.78. The van der Waals surface area contributed by atoms with E-state index in [1.165, 1.54) is 34.2 Å². The molecule has 0 saturated carbocycles. The van der Waals surface area contributed by atoms with Crippen molar-refractivity contribution in [1.29, 1.82) is 0 Å². The molecule has 0 spiro atoms. The lowest BCUT2D eigenvalue weighted by Crippen LogP contribution is -2.42. The molecule has 0 N–H and O–H groups in total. The summed E-state index contributed by atoms with van der Waals surface area (Å²) in [4.78, 5) is 21.4. The van der Waals surface area contributed by atoms with Gasteiger partial charge in [0, 0.05) is 17.6 Å². The molecule has 4 heterocycles. The van der Waals surface area contributed by atoms with Crippen LogP contribution in [0, 0.1) is 0 Å². The fourth-order valence-corrected chi connectivity index (χ4v) is 4.75. The number of hydrazine groups is 1. The van der Waals surface area contributed by atoms with Gasteiger partial charge in [0.25, 0.3) is 21.5 Å². The number of thiazole rings is 1. The normalized spacial score (nSPS) is 17.3. The Hall–Kier alpha value is -3.05. The summed E-state index contributed by atoms with van der Waals surface area (Å²) in [6.45, 7) is 0.251. The summed E-state index contributed by atoms with van der Waals surface area (Å²) < 4.78 is 29.8. The van der Waals surface area contributed by atoms with Crippen LogP contribution in [-0.4, -0.2) is 35.1 Å². The van der Waals surface area contributed by atoms with Crippen LogP contribution in [0.3, 0.4) is 0 Å². The van der Waals surface area contributed by atoms with Crippen molar-refractivity contribution in [2.75, 3.05) is 5.01 Å². The quantitative estimate of drug-likeness (QED) is 0.653. The van der Waals surface area contributed by atoms with Crippen molar-refractivity contribution in [2.24, 2.45) is 9.39 Å². The van der Waals surface area contributed by atoms with E-state index in [0.29, 0.717) is 16.3 Å². The van der Waals surface area contributed by atoms with Gasteiger partial charge in [-0.3, -0.25) is 14.2 Å². The highest BCUT2D eigenvalue weighted by molar-refractivity contribution is 7.90. The average Bonchev–Trinajstić information content (AvgIpc) is 3.22. The summed E-state index contributed by atoms with van der Waals surface area (Å²) in [5.41, 5.74) is 0.845. The zero-order valence-electron chi connectivity index (χ0n) is 13.1. The van der Waals surface area contributed by atoms with Crippen LogP contribution in [0.25, 0.3) is 4.96 Å². The number of para-hydroxylation sites is 1. The van der Waals surface area contributed by atoms with Crippen molar-refractivity contribution in [1.82, 2.24) is 14.4 Å². The Morgan fingerprint density at radius 2 is 2.04 bits per heavy atom. The molecular formula is C15H10N6O3S2. The number of rotatable bonds is 2. The number of fused-ring (bicyclic) bond motifs is 4. The number of aliphatic imine (C=N–C) groups is 1. The Morgan fingerprint density at radius 1 is 1.19 bits per heavy atom. The van der Waals surface area contributed by atoms with E-state index >= 15 is 0 Å². The first-order chi connectivity index (χ1) is 12.5. The molecule has 130 valence electrons. The van der Waals surface area contributed by atoms with E-state index in [1.54, 1.807) is 39.8 Å². The van der Waals surface area contributed by atoms with Crippen molar-refractivity contribution in [3.63, 3.8) is 0 Å². The van der Waals surface area contributed by atoms with Crippen LogP contribution in [0.2, 0.25) is 0 Å². The van der Waals surface area contributed by atoms with Crippen LogP contribution in [0.4, 0.5) is 5.69 Å². The van der Waals surface area contributed by atoms with Crippen LogP contribution in [-0.2, 0) is 16.6 Å². The third-order valence-electron chi connectivity index (χ3n) is 4.01. The van der Waals surface area contributed by atoms with Crippen molar-refractivity contribution in [3.05, 3.63) is 58.0 Å². The third kappa shape index (κ3) is 2.17. The molecule has 5 rings (SSSR count). The van der Waals surface area contributed by atoms with Gasteiger partial charge in [0.2, 0.25) is 0 Å². The summed E-state index contributed by atoms with van der Waals surface area (Å²) in [6, 6.07) is 8.04. The van der Waals surface area contributed by atoms with Gasteiger partial charge in [-0.25, -0.2) is 9.99 Å². The molecule has 0 aliphatic carbocycles. The smallest absolute Gasteiger partial charge is 0.269 e. The average molecular weight is 386 g/mol. The Morgan fingerprint density at radius 3 is 2.92 bits per heavy atom. The molecule has 9 nitrogen and oxygen atoms in total. The number of guanidine groups is 1. The number of anilines is 1. The number of hydrogen-bond donors (Lipinski definition) is 0. The molecule has 0 fully saturated rings. The number of nitrogens with zero attached hydrogens (tertiary/aromatic N) is 6. The van der Waals surface area contributed by atoms with Gasteiger partial charge in [-0.1, -0.05) is 12.1 Å². The maximum atomic E-state index is 12.3. The predicted molar refractivity (Wildman–Crippen MR) is 96.9 cm³/mol. The topological polar surface area (TPSA) is 99.7 Å². The minimum Gasteiger partial charge on any atom is -0.269 e. The largest absolute Gasteiger partial charge is 0.287 e. The predicted octanol–water partition coefficient (Wildman–Crippen LogP) is 1.08. The maximum absolute atomic E-state index is 12.3. The van der Waals surface area contributed by atoms with Crippen molar-refractivity contribution in [2.45, 2.75) is 11.4 Å². The maximum Gasteiger partial charge on any atom is 0.287 e. The second-order valence-corrected chi connectivity index (χ2v) is 8.07. The van der Waals surface area contributed by atoms with Crippen molar-refractivity contribution in [3.8, 4) is 0 Å². The molecule has 0 unspecified atom stereocenters. The SMILES string of the molecule is O=c1cc(CN2C=NC3=NS(=O)(=O)c4ccccc4N32)nc2sccn12. The Bertz CT molecular complexity index is 1270. The van der Waals surface area contributed by atoms with Crippen LogP contribution < -0.4 is 10.6 Å². The molecule has 3 aromatic rings. The Labute approximate surface area is 151 Å². The molecule has 2 aliphatic rings. The zero-order chi connectivity index (χ0) is 17.9. The number of hydrogen-bond acceptors (Lipinski definition) is 8. The molecule has 1 aromatic carbocycles. The molecule has 26 heavy (non-hydrogen) atoms. The molecule has 0 saturated heterocycles. The molecule has 2 aromatic heterocycles. The molecule has 0 amide bonds. The first-order valence-electron chi connectivity index (χ1n) is 7.54. The monoisotopic (exact) mass is 386 g/mol. The summed E-state index contributed by atoms with van der Waals surface area (Å²) in [5, 5.41) is 5.08. The Kier molecular flexibility index (Phi) is 3.06. The first-order valence-corrected chi connectivity index (χ1v) is 9.85. The number of benzene rings is 1. The van der Waals surface area contributed by atoms with Gasteiger partial charge in [0.1, 0.15) is 11.2 Å². The first kappa shape index (κ1) is 15.2. The lowest BCUT2D eigenvalue weighted by molar-refractivity contribution is 0.446. The highest BCUT2D eigenvalue weighted by Gasteiger charge is 2.36. The number of aromatic nitrogens is 2. The van der Waals surface area contributed by atoms with Crippen LogP contribution in [0.1, 0.15) is 5.69 Å². The minimum absolute atomic E-state index is 0.0672. The molecular weight excluding hydrogens is 376 g/mol. The van der Waals surface area contributed by atoms with E-state index in [2.05, 4.69) is 14.4 Å². The lowest BCUT2D eigenvalue weighted by atomic mass is 10.3. The lowest BCUT2D eigenvalue weighted by Gasteiger charge is -2.31. The van der Waals surface area contributed by atoms with Gasteiger partial charge < -0.3 is 0 Å². The van der Waals surface area contributed by atoms with Gasteiger partial charge in [-0.05, 0) is 12.1 Å². The van der Waals surface area contributed by atoms with Crippen LogP contribution in [0.5, 0.6) is 0 Å². The van der Waals surface area contributed by atoms with E-state index in [0.717, 1.165) is 0 Å². The summed E-state index contributed by atoms with van der Waals surface area (Å²) >= 11 is 1.37. The standard InChI is InChI=1S/C15H10N6O3S2/c22-13-7-10(17-15-20(13)5-6-25-15)8-19-9-16-14-18-26(23,24)12-4-2-1-3-11(12)21(14)19/h1-7,9H,8H2.